The number of nitrogens with zero attached hydrogens (tertiary/aromatic N) is 4. The molecule has 0 saturated carbocycles. The lowest BCUT2D eigenvalue weighted by Crippen LogP contribution is -2.34. The van der Waals surface area contributed by atoms with Crippen LogP contribution in [0.2, 0.25) is 0 Å². The molecule has 0 saturated heterocycles. The zero-order valence-corrected chi connectivity index (χ0v) is 10.8. The SMILES string of the molecule is Cc1cc(C(=N)N)cc(N2CCn3ccnc3C2)n1. The van der Waals surface area contributed by atoms with Crippen molar-refractivity contribution < 1.29 is 0 Å². The Hall–Kier alpha value is -2.37. The van der Waals surface area contributed by atoms with Crippen LogP contribution >= 0.6 is 0 Å². The van der Waals surface area contributed by atoms with Crippen LogP contribution in [-0.4, -0.2) is 26.9 Å². The molecule has 0 amide bonds. The van der Waals surface area contributed by atoms with Gasteiger partial charge in [-0.15, -0.1) is 0 Å². The second kappa shape index (κ2) is 4.38. The number of fused-ring (bicyclic) bond motifs is 1. The standard InChI is InChI=1S/C13H16N6/c1-9-6-10(13(14)15)7-11(17-9)19-5-4-18-3-2-16-12(18)8-19/h2-3,6-7H,4-5,8H2,1H3,(H3,14,15). The van der Waals surface area contributed by atoms with Crippen LogP contribution in [0, 0.1) is 12.3 Å². The van der Waals surface area contributed by atoms with Crippen molar-refractivity contribution in [1.29, 1.82) is 5.41 Å². The van der Waals surface area contributed by atoms with Crippen LogP contribution in [0.25, 0.3) is 0 Å². The molecular formula is C13H16N6. The molecule has 1 aliphatic heterocycles. The van der Waals surface area contributed by atoms with E-state index in [0.717, 1.165) is 42.5 Å². The number of anilines is 1. The molecule has 2 aromatic rings. The van der Waals surface area contributed by atoms with Crippen molar-refractivity contribution in [1.82, 2.24) is 14.5 Å². The van der Waals surface area contributed by atoms with E-state index in [4.69, 9.17) is 11.1 Å². The van der Waals surface area contributed by atoms with Gasteiger partial charge < -0.3 is 15.2 Å². The van der Waals surface area contributed by atoms with Gasteiger partial charge in [-0.05, 0) is 19.1 Å². The first-order valence-corrected chi connectivity index (χ1v) is 6.21. The summed E-state index contributed by atoms with van der Waals surface area (Å²) in [5, 5.41) is 7.55. The van der Waals surface area contributed by atoms with Crippen molar-refractivity contribution >= 4 is 11.7 Å². The Kier molecular flexibility index (Phi) is 2.70. The Labute approximate surface area is 111 Å². The number of hydrogen-bond acceptors (Lipinski definition) is 4. The largest absolute Gasteiger partial charge is 0.384 e. The van der Waals surface area contributed by atoms with Gasteiger partial charge in [0.15, 0.2) is 0 Å². The van der Waals surface area contributed by atoms with Crippen LogP contribution in [0.5, 0.6) is 0 Å². The monoisotopic (exact) mass is 256 g/mol. The maximum Gasteiger partial charge on any atom is 0.129 e. The van der Waals surface area contributed by atoms with Crippen molar-refractivity contribution in [2.75, 3.05) is 11.4 Å². The third kappa shape index (κ3) is 2.16. The summed E-state index contributed by atoms with van der Waals surface area (Å²) in [6.07, 6.45) is 3.82. The van der Waals surface area contributed by atoms with Crippen LogP contribution in [0.1, 0.15) is 17.1 Å². The van der Waals surface area contributed by atoms with E-state index in [0.29, 0.717) is 0 Å². The number of rotatable bonds is 2. The number of nitrogens with two attached hydrogens (primary N) is 1. The minimum Gasteiger partial charge on any atom is -0.384 e. The number of amidine groups is 1. The molecule has 1 aliphatic rings. The number of pyridine rings is 1. The minimum atomic E-state index is 0.0743. The van der Waals surface area contributed by atoms with Gasteiger partial charge in [0.2, 0.25) is 0 Å². The number of imidazole rings is 1. The molecule has 0 bridgehead atoms. The lowest BCUT2D eigenvalue weighted by atomic mass is 10.2. The van der Waals surface area contributed by atoms with Crippen LogP contribution in [0.15, 0.2) is 24.5 Å². The van der Waals surface area contributed by atoms with E-state index in [2.05, 4.69) is 19.4 Å². The minimum absolute atomic E-state index is 0.0743. The second-order valence-corrected chi connectivity index (χ2v) is 4.73. The Balaban J connectivity index is 1.93. The van der Waals surface area contributed by atoms with E-state index in [-0.39, 0.29) is 5.84 Å². The van der Waals surface area contributed by atoms with E-state index in [1.54, 1.807) is 0 Å². The van der Waals surface area contributed by atoms with Crippen molar-refractivity contribution in [3.05, 3.63) is 41.6 Å². The third-order valence-electron chi connectivity index (χ3n) is 3.32. The maximum atomic E-state index is 7.55. The number of aromatic nitrogens is 3. The molecule has 98 valence electrons. The molecule has 3 rings (SSSR count). The highest BCUT2D eigenvalue weighted by Crippen LogP contribution is 2.20. The number of nitrogen functional groups attached to an aromatic ring is 1. The highest BCUT2D eigenvalue weighted by atomic mass is 15.3. The van der Waals surface area contributed by atoms with E-state index >= 15 is 0 Å². The molecule has 3 heterocycles. The molecule has 0 fully saturated rings. The summed E-state index contributed by atoms with van der Waals surface area (Å²) in [4.78, 5) is 11.0. The normalized spacial score (nSPS) is 14.3. The quantitative estimate of drug-likeness (QED) is 0.617. The third-order valence-corrected chi connectivity index (χ3v) is 3.32. The molecule has 0 aliphatic carbocycles. The fourth-order valence-electron chi connectivity index (χ4n) is 2.34. The molecule has 0 atom stereocenters. The molecule has 0 aromatic carbocycles. The van der Waals surface area contributed by atoms with Crippen LogP contribution in [-0.2, 0) is 13.1 Å². The smallest absolute Gasteiger partial charge is 0.129 e. The Bertz CT molecular complexity index is 630. The van der Waals surface area contributed by atoms with E-state index in [1.807, 2.05) is 31.5 Å². The summed E-state index contributed by atoms with van der Waals surface area (Å²) >= 11 is 0. The summed E-state index contributed by atoms with van der Waals surface area (Å²) in [6.45, 7) is 4.44. The van der Waals surface area contributed by atoms with Gasteiger partial charge in [0.05, 0.1) is 6.54 Å². The maximum absolute atomic E-state index is 7.55. The van der Waals surface area contributed by atoms with E-state index in [9.17, 15) is 0 Å². The second-order valence-electron chi connectivity index (χ2n) is 4.73. The Morgan fingerprint density at radius 3 is 3.00 bits per heavy atom. The predicted molar refractivity (Wildman–Crippen MR) is 73.3 cm³/mol. The lowest BCUT2D eigenvalue weighted by Gasteiger charge is -2.29. The molecule has 0 radical (unpaired) electrons. The van der Waals surface area contributed by atoms with Gasteiger partial charge >= 0.3 is 0 Å². The van der Waals surface area contributed by atoms with Gasteiger partial charge in [0.1, 0.15) is 17.5 Å². The zero-order valence-electron chi connectivity index (χ0n) is 10.8. The first kappa shape index (κ1) is 11.7. The van der Waals surface area contributed by atoms with Gasteiger partial charge in [-0.1, -0.05) is 0 Å². The average Bonchev–Trinajstić information content (AvgIpc) is 2.85. The first-order valence-electron chi connectivity index (χ1n) is 6.21. The average molecular weight is 256 g/mol. The molecule has 6 nitrogen and oxygen atoms in total. The molecule has 3 N–H and O–H groups in total. The van der Waals surface area contributed by atoms with Crippen LogP contribution in [0.3, 0.4) is 0 Å². The molecular weight excluding hydrogens is 240 g/mol. The Morgan fingerprint density at radius 1 is 1.37 bits per heavy atom. The van der Waals surface area contributed by atoms with Gasteiger partial charge in [-0.2, -0.15) is 0 Å². The molecule has 6 heteroatoms. The lowest BCUT2D eigenvalue weighted by molar-refractivity contribution is 0.556. The van der Waals surface area contributed by atoms with Crippen molar-refractivity contribution in [2.24, 2.45) is 5.73 Å². The summed E-state index contributed by atoms with van der Waals surface area (Å²) in [7, 11) is 0. The molecule has 19 heavy (non-hydrogen) atoms. The van der Waals surface area contributed by atoms with Crippen molar-refractivity contribution in [2.45, 2.75) is 20.0 Å². The van der Waals surface area contributed by atoms with Crippen molar-refractivity contribution in [3.63, 3.8) is 0 Å². The summed E-state index contributed by atoms with van der Waals surface area (Å²) in [6, 6.07) is 3.70. The summed E-state index contributed by atoms with van der Waals surface area (Å²) in [5.41, 5.74) is 7.15. The van der Waals surface area contributed by atoms with E-state index in [1.165, 1.54) is 0 Å². The molecule has 0 unspecified atom stereocenters. The Morgan fingerprint density at radius 2 is 2.21 bits per heavy atom. The summed E-state index contributed by atoms with van der Waals surface area (Å²) in [5.74, 6) is 1.98. The fraction of sp³-hybridized carbons (Fsp3) is 0.308. The summed E-state index contributed by atoms with van der Waals surface area (Å²) < 4.78 is 2.15. The van der Waals surface area contributed by atoms with Gasteiger partial charge in [-0.25, -0.2) is 9.97 Å². The van der Waals surface area contributed by atoms with Crippen LogP contribution in [0.4, 0.5) is 5.82 Å². The highest BCUT2D eigenvalue weighted by Gasteiger charge is 2.18. The predicted octanol–water partition coefficient (Wildman–Crippen LogP) is 0.891. The van der Waals surface area contributed by atoms with Crippen LogP contribution < -0.4 is 10.6 Å². The number of aryl methyl sites for hydroxylation is 1. The number of hydrogen-bond donors (Lipinski definition) is 2. The fourth-order valence-corrected chi connectivity index (χ4v) is 2.34. The topological polar surface area (TPSA) is 83.8 Å². The van der Waals surface area contributed by atoms with Gasteiger partial charge in [-0.3, -0.25) is 5.41 Å². The van der Waals surface area contributed by atoms with E-state index < -0.39 is 0 Å². The molecule has 0 spiro atoms. The molecule has 2 aromatic heterocycles. The zero-order chi connectivity index (χ0) is 13.4. The van der Waals surface area contributed by atoms with Gasteiger partial charge in [0, 0.05) is 36.7 Å². The number of nitrogens with one attached hydrogen (secondary N) is 1. The first-order chi connectivity index (χ1) is 9.13. The van der Waals surface area contributed by atoms with Crippen molar-refractivity contribution in [3.8, 4) is 0 Å². The van der Waals surface area contributed by atoms with Gasteiger partial charge in [0.25, 0.3) is 0 Å². The highest BCUT2D eigenvalue weighted by molar-refractivity contribution is 5.95.